The Morgan fingerprint density at radius 1 is 1.44 bits per heavy atom. The fourth-order valence-corrected chi connectivity index (χ4v) is 3.62. The molecule has 1 amide bonds. The predicted molar refractivity (Wildman–Crippen MR) is 65.2 cm³/mol. The van der Waals surface area contributed by atoms with E-state index in [0.717, 1.165) is 24.7 Å². The minimum Gasteiger partial charge on any atom is -0.349 e. The lowest BCUT2D eigenvalue weighted by Gasteiger charge is -2.17. The molecular formula is C13H17NOS. The smallest absolute Gasteiger partial charge is 0.223 e. The topological polar surface area (TPSA) is 29.1 Å². The molecule has 2 saturated carbocycles. The number of nitrogens with one attached hydrogen (secondary N) is 1. The molecule has 1 aromatic heterocycles. The molecule has 0 aliphatic heterocycles. The molecular weight excluding hydrogens is 218 g/mol. The van der Waals surface area contributed by atoms with Gasteiger partial charge in [-0.15, -0.1) is 0 Å². The van der Waals surface area contributed by atoms with Crippen molar-refractivity contribution in [2.45, 2.75) is 32.2 Å². The molecule has 16 heavy (non-hydrogen) atoms. The molecule has 0 aromatic carbocycles. The van der Waals surface area contributed by atoms with E-state index in [-0.39, 0.29) is 11.9 Å². The molecule has 2 aliphatic rings. The maximum absolute atomic E-state index is 12.0. The van der Waals surface area contributed by atoms with Crippen LogP contribution in [-0.4, -0.2) is 5.91 Å². The third kappa shape index (κ3) is 1.88. The third-order valence-electron chi connectivity index (χ3n) is 4.02. The number of carbonyl (C=O) groups excluding carboxylic acids is 1. The Morgan fingerprint density at radius 2 is 2.19 bits per heavy atom. The zero-order valence-corrected chi connectivity index (χ0v) is 10.3. The van der Waals surface area contributed by atoms with Gasteiger partial charge in [-0.05, 0) is 60.4 Å². The van der Waals surface area contributed by atoms with Crippen LogP contribution in [0.15, 0.2) is 16.8 Å². The van der Waals surface area contributed by atoms with Gasteiger partial charge >= 0.3 is 0 Å². The molecule has 1 N–H and O–H groups in total. The van der Waals surface area contributed by atoms with Crippen LogP contribution in [0.1, 0.15) is 37.8 Å². The standard InChI is InChI=1S/C13H17NOS/c1-8(9-2-3-16-7-9)14-13(15)12-5-10-4-11(10)6-12/h2-3,7-8,10-12H,4-6H2,1H3,(H,14,15). The first-order valence-electron chi connectivity index (χ1n) is 6.06. The summed E-state index contributed by atoms with van der Waals surface area (Å²) in [7, 11) is 0. The van der Waals surface area contributed by atoms with E-state index in [2.05, 4.69) is 29.1 Å². The molecule has 86 valence electrons. The van der Waals surface area contributed by atoms with Crippen molar-refractivity contribution in [3.8, 4) is 0 Å². The molecule has 2 fully saturated rings. The first kappa shape index (κ1) is 10.3. The minimum atomic E-state index is 0.163. The van der Waals surface area contributed by atoms with Gasteiger partial charge in [-0.25, -0.2) is 0 Å². The first-order valence-corrected chi connectivity index (χ1v) is 7.01. The van der Waals surface area contributed by atoms with Crippen molar-refractivity contribution < 1.29 is 4.79 Å². The lowest BCUT2D eigenvalue weighted by molar-refractivity contribution is -0.125. The first-order chi connectivity index (χ1) is 7.74. The van der Waals surface area contributed by atoms with E-state index in [9.17, 15) is 4.79 Å². The summed E-state index contributed by atoms with van der Waals surface area (Å²) in [4.78, 5) is 12.0. The second kappa shape index (κ2) is 3.88. The monoisotopic (exact) mass is 235 g/mol. The summed E-state index contributed by atoms with van der Waals surface area (Å²) in [6.07, 6.45) is 3.64. The van der Waals surface area contributed by atoms with Crippen molar-refractivity contribution in [2.75, 3.05) is 0 Å². The molecule has 1 aromatic rings. The quantitative estimate of drug-likeness (QED) is 0.857. The van der Waals surface area contributed by atoms with Gasteiger partial charge in [0.1, 0.15) is 0 Å². The maximum atomic E-state index is 12.0. The third-order valence-corrected chi connectivity index (χ3v) is 4.72. The number of hydrogen-bond acceptors (Lipinski definition) is 2. The van der Waals surface area contributed by atoms with Crippen LogP contribution in [0, 0.1) is 17.8 Å². The molecule has 0 saturated heterocycles. The number of thiophene rings is 1. The number of rotatable bonds is 3. The van der Waals surface area contributed by atoms with Gasteiger partial charge in [0.15, 0.2) is 0 Å². The molecule has 2 aliphatic carbocycles. The second-order valence-electron chi connectivity index (χ2n) is 5.21. The molecule has 1 heterocycles. The van der Waals surface area contributed by atoms with E-state index >= 15 is 0 Å². The molecule has 3 rings (SSSR count). The Bertz CT molecular complexity index is 377. The zero-order valence-electron chi connectivity index (χ0n) is 9.48. The summed E-state index contributed by atoms with van der Waals surface area (Å²) in [5.41, 5.74) is 1.22. The van der Waals surface area contributed by atoms with Crippen LogP contribution in [0.3, 0.4) is 0 Å². The van der Waals surface area contributed by atoms with Gasteiger partial charge in [0, 0.05) is 5.92 Å². The highest BCUT2D eigenvalue weighted by Crippen LogP contribution is 2.54. The summed E-state index contributed by atoms with van der Waals surface area (Å²) < 4.78 is 0. The molecule has 0 radical (unpaired) electrons. The van der Waals surface area contributed by atoms with Crippen molar-refractivity contribution in [2.24, 2.45) is 17.8 Å². The lowest BCUT2D eigenvalue weighted by atomic mass is 10.0. The second-order valence-corrected chi connectivity index (χ2v) is 5.99. The Labute approximate surface area is 100 Å². The predicted octanol–water partition coefficient (Wildman–Crippen LogP) is 2.97. The van der Waals surface area contributed by atoms with E-state index in [0.29, 0.717) is 5.92 Å². The summed E-state index contributed by atoms with van der Waals surface area (Å²) >= 11 is 1.68. The van der Waals surface area contributed by atoms with Gasteiger partial charge in [0.25, 0.3) is 0 Å². The lowest BCUT2D eigenvalue weighted by Crippen LogP contribution is -2.32. The summed E-state index contributed by atoms with van der Waals surface area (Å²) in [5, 5.41) is 7.30. The Hall–Kier alpha value is -0.830. The van der Waals surface area contributed by atoms with Gasteiger partial charge in [0.2, 0.25) is 5.91 Å². The fourth-order valence-electron chi connectivity index (χ4n) is 2.86. The normalized spacial score (nSPS) is 33.2. The number of hydrogen-bond donors (Lipinski definition) is 1. The van der Waals surface area contributed by atoms with E-state index in [1.807, 2.05) is 0 Å². The van der Waals surface area contributed by atoms with Crippen molar-refractivity contribution in [1.82, 2.24) is 5.32 Å². The fraction of sp³-hybridized carbons (Fsp3) is 0.615. The summed E-state index contributed by atoms with van der Waals surface area (Å²) in [5.74, 6) is 2.33. The van der Waals surface area contributed by atoms with Gasteiger partial charge in [0.05, 0.1) is 6.04 Å². The molecule has 2 nitrogen and oxygen atoms in total. The molecule has 3 unspecified atom stereocenters. The van der Waals surface area contributed by atoms with Gasteiger partial charge in [-0.2, -0.15) is 11.3 Å². The van der Waals surface area contributed by atoms with E-state index in [1.165, 1.54) is 12.0 Å². The number of amides is 1. The Morgan fingerprint density at radius 3 is 2.81 bits per heavy atom. The Kier molecular flexibility index (Phi) is 2.51. The Balaban J connectivity index is 1.56. The van der Waals surface area contributed by atoms with Crippen LogP contribution in [0.2, 0.25) is 0 Å². The maximum Gasteiger partial charge on any atom is 0.223 e. The highest BCUT2D eigenvalue weighted by atomic mass is 32.1. The average Bonchev–Trinajstić information content (AvgIpc) is 2.77. The summed E-state index contributed by atoms with van der Waals surface area (Å²) in [6.45, 7) is 2.07. The van der Waals surface area contributed by atoms with Crippen LogP contribution in [0.5, 0.6) is 0 Å². The molecule has 0 spiro atoms. The van der Waals surface area contributed by atoms with Crippen LogP contribution in [0.4, 0.5) is 0 Å². The zero-order chi connectivity index (χ0) is 11.1. The van der Waals surface area contributed by atoms with E-state index in [1.54, 1.807) is 11.3 Å². The highest BCUT2D eigenvalue weighted by Gasteiger charge is 2.48. The van der Waals surface area contributed by atoms with E-state index in [4.69, 9.17) is 0 Å². The number of carbonyl (C=O) groups is 1. The molecule has 3 heteroatoms. The largest absolute Gasteiger partial charge is 0.349 e. The van der Waals surface area contributed by atoms with Crippen molar-refractivity contribution in [3.63, 3.8) is 0 Å². The highest BCUT2D eigenvalue weighted by molar-refractivity contribution is 7.07. The van der Waals surface area contributed by atoms with Crippen LogP contribution in [0.25, 0.3) is 0 Å². The number of fused-ring (bicyclic) bond motifs is 1. The minimum absolute atomic E-state index is 0.163. The van der Waals surface area contributed by atoms with Gasteiger partial charge in [-0.3, -0.25) is 4.79 Å². The van der Waals surface area contributed by atoms with Crippen molar-refractivity contribution in [3.05, 3.63) is 22.4 Å². The average molecular weight is 235 g/mol. The van der Waals surface area contributed by atoms with E-state index < -0.39 is 0 Å². The van der Waals surface area contributed by atoms with Crippen molar-refractivity contribution in [1.29, 1.82) is 0 Å². The summed E-state index contributed by atoms with van der Waals surface area (Å²) in [6, 6.07) is 2.25. The van der Waals surface area contributed by atoms with Crippen LogP contribution < -0.4 is 5.32 Å². The SMILES string of the molecule is CC(NC(=O)C1CC2CC2C1)c1ccsc1. The van der Waals surface area contributed by atoms with Crippen LogP contribution in [-0.2, 0) is 4.79 Å². The van der Waals surface area contributed by atoms with Crippen LogP contribution >= 0.6 is 11.3 Å². The van der Waals surface area contributed by atoms with Gasteiger partial charge in [-0.1, -0.05) is 0 Å². The van der Waals surface area contributed by atoms with Crippen molar-refractivity contribution >= 4 is 17.2 Å². The molecule has 0 bridgehead atoms. The molecule has 3 atom stereocenters. The van der Waals surface area contributed by atoms with Gasteiger partial charge < -0.3 is 5.32 Å².